The number of aryl methyl sites for hydroxylation is 1. The fourth-order valence-corrected chi connectivity index (χ4v) is 1.86. The summed E-state index contributed by atoms with van der Waals surface area (Å²) in [4.78, 5) is 6.33. The second kappa shape index (κ2) is 6.24. The lowest BCUT2D eigenvalue weighted by molar-refractivity contribution is 0.304. The van der Waals surface area contributed by atoms with E-state index in [9.17, 15) is 0 Å². The molecule has 5 heteroatoms. The largest absolute Gasteiger partial charge is 0.395 e. The molecule has 0 saturated carbocycles. The standard InChI is InChI=1S/C14H20N4O/c1-17-7-3-4-12(17)10-15-14-6-5-13(11-16-14)18(2)8-9-19/h3-7,11,19H,8-10H2,1-2H3,(H,15,16). The van der Waals surface area contributed by atoms with E-state index in [-0.39, 0.29) is 6.61 Å². The maximum absolute atomic E-state index is 8.89. The van der Waals surface area contributed by atoms with Gasteiger partial charge >= 0.3 is 0 Å². The fraction of sp³-hybridized carbons (Fsp3) is 0.357. The van der Waals surface area contributed by atoms with Gasteiger partial charge in [-0.3, -0.25) is 0 Å². The predicted octanol–water partition coefficient (Wildman–Crippen LogP) is 1.46. The highest BCUT2D eigenvalue weighted by Crippen LogP contribution is 2.14. The number of pyridine rings is 1. The zero-order valence-corrected chi connectivity index (χ0v) is 11.4. The third-order valence-corrected chi connectivity index (χ3v) is 3.13. The molecule has 2 aromatic heterocycles. The lowest BCUT2D eigenvalue weighted by atomic mass is 10.3. The summed E-state index contributed by atoms with van der Waals surface area (Å²) in [6.07, 6.45) is 3.83. The van der Waals surface area contributed by atoms with Gasteiger partial charge in [-0.1, -0.05) is 0 Å². The minimum absolute atomic E-state index is 0.143. The number of likely N-dealkylation sites (N-methyl/N-ethyl adjacent to an activating group) is 1. The van der Waals surface area contributed by atoms with Crippen LogP contribution in [0.2, 0.25) is 0 Å². The summed E-state index contributed by atoms with van der Waals surface area (Å²) in [5, 5.41) is 12.2. The Labute approximate surface area is 113 Å². The number of hydrogen-bond donors (Lipinski definition) is 2. The summed E-state index contributed by atoms with van der Waals surface area (Å²) in [6, 6.07) is 8.05. The van der Waals surface area contributed by atoms with Crippen LogP contribution in [0.1, 0.15) is 5.69 Å². The van der Waals surface area contributed by atoms with Gasteiger partial charge in [-0.15, -0.1) is 0 Å². The number of rotatable bonds is 6. The van der Waals surface area contributed by atoms with Gasteiger partial charge in [-0.25, -0.2) is 4.98 Å². The Hall–Kier alpha value is -2.01. The number of nitrogens with zero attached hydrogens (tertiary/aromatic N) is 3. The molecule has 2 rings (SSSR count). The average molecular weight is 260 g/mol. The first-order valence-electron chi connectivity index (χ1n) is 6.33. The molecule has 0 atom stereocenters. The average Bonchev–Trinajstić information content (AvgIpc) is 2.83. The van der Waals surface area contributed by atoms with Crippen LogP contribution in [-0.4, -0.2) is 34.9 Å². The Morgan fingerprint density at radius 3 is 2.79 bits per heavy atom. The summed E-state index contributed by atoms with van der Waals surface area (Å²) in [5.41, 5.74) is 2.21. The molecule has 102 valence electrons. The first-order chi connectivity index (χ1) is 9.20. The van der Waals surface area contributed by atoms with Crippen molar-refractivity contribution in [2.75, 3.05) is 30.4 Å². The summed E-state index contributed by atoms with van der Waals surface area (Å²) >= 11 is 0. The van der Waals surface area contributed by atoms with Crippen LogP contribution in [-0.2, 0) is 13.6 Å². The Bertz CT molecular complexity index is 506. The van der Waals surface area contributed by atoms with Gasteiger partial charge in [0.25, 0.3) is 0 Å². The Balaban J connectivity index is 1.93. The first-order valence-corrected chi connectivity index (χ1v) is 6.33. The molecule has 5 nitrogen and oxygen atoms in total. The summed E-state index contributed by atoms with van der Waals surface area (Å²) in [6.45, 7) is 1.50. The summed E-state index contributed by atoms with van der Waals surface area (Å²) in [7, 11) is 3.96. The predicted molar refractivity (Wildman–Crippen MR) is 77.3 cm³/mol. The molecule has 2 N–H and O–H groups in total. The van der Waals surface area contributed by atoms with E-state index in [1.165, 1.54) is 5.69 Å². The Morgan fingerprint density at radius 1 is 1.37 bits per heavy atom. The van der Waals surface area contributed by atoms with Crippen LogP contribution in [0.5, 0.6) is 0 Å². The molecule has 0 aliphatic heterocycles. The molecule has 0 spiro atoms. The number of aromatic nitrogens is 2. The number of nitrogens with one attached hydrogen (secondary N) is 1. The molecule has 0 aliphatic carbocycles. The van der Waals surface area contributed by atoms with Gasteiger partial charge in [0.05, 0.1) is 25.0 Å². The Morgan fingerprint density at radius 2 is 2.21 bits per heavy atom. The lowest BCUT2D eigenvalue weighted by Crippen LogP contribution is -2.21. The van der Waals surface area contributed by atoms with E-state index in [1.54, 1.807) is 0 Å². The molecule has 0 radical (unpaired) electrons. The van der Waals surface area contributed by atoms with E-state index < -0.39 is 0 Å². The zero-order chi connectivity index (χ0) is 13.7. The van der Waals surface area contributed by atoms with E-state index in [4.69, 9.17) is 5.11 Å². The van der Waals surface area contributed by atoms with E-state index in [1.807, 2.05) is 49.6 Å². The van der Waals surface area contributed by atoms with Gasteiger partial charge in [0.15, 0.2) is 0 Å². The summed E-state index contributed by atoms with van der Waals surface area (Å²) < 4.78 is 2.08. The van der Waals surface area contributed by atoms with Crippen LogP contribution < -0.4 is 10.2 Å². The second-order valence-corrected chi connectivity index (χ2v) is 4.51. The van der Waals surface area contributed by atoms with Crippen molar-refractivity contribution in [1.82, 2.24) is 9.55 Å². The minimum atomic E-state index is 0.143. The van der Waals surface area contributed by atoms with Crippen molar-refractivity contribution in [3.63, 3.8) is 0 Å². The van der Waals surface area contributed by atoms with Gasteiger partial charge in [0.1, 0.15) is 5.82 Å². The van der Waals surface area contributed by atoms with Crippen LogP contribution in [0.4, 0.5) is 11.5 Å². The van der Waals surface area contributed by atoms with Gasteiger partial charge in [0.2, 0.25) is 0 Å². The van der Waals surface area contributed by atoms with Crippen molar-refractivity contribution < 1.29 is 5.11 Å². The molecule has 0 aliphatic rings. The van der Waals surface area contributed by atoms with Crippen LogP contribution in [0, 0.1) is 0 Å². The molecular formula is C14H20N4O. The third-order valence-electron chi connectivity index (χ3n) is 3.13. The highest BCUT2D eigenvalue weighted by molar-refractivity contribution is 5.48. The number of aliphatic hydroxyl groups excluding tert-OH is 1. The highest BCUT2D eigenvalue weighted by Gasteiger charge is 2.02. The molecule has 2 heterocycles. The highest BCUT2D eigenvalue weighted by atomic mass is 16.3. The van der Waals surface area contributed by atoms with Gasteiger partial charge in [-0.05, 0) is 24.3 Å². The number of aliphatic hydroxyl groups is 1. The maximum atomic E-state index is 8.89. The van der Waals surface area contributed by atoms with Crippen molar-refractivity contribution in [1.29, 1.82) is 0 Å². The normalized spacial score (nSPS) is 10.5. The molecule has 0 fully saturated rings. The van der Waals surface area contributed by atoms with Gasteiger partial charge < -0.3 is 19.9 Å². The van der Waals surface area contributed by atoms with Crippen LogP contribution in [0.25, 0.3) is 0 Å². The molecule has 2 aromatic rings. The Kier molecular flexibility index (Phi) is 4.41. The zero-order valence-electron chi connectivity index (χ0n) is 11.4. The third kappa shape index (κ3) is 3.48. The topological polar surface area (TPSA) is 53.3 Å². The molecular weight excluding hydrogens is 240 g/mol. The van der Waals surface area contributed by atoms with Gasteiger partial charge in [0, 0.05) is 32.5 Å². The first kappa shape index (κ1) is 13.4. The molecule has 0 amide bonds. The van der Waals surface area contributed by atoms with E-state index in [0.717, 1.165) is 18.1 Å². The monoisotopic (exact) mass is 260 g/mol. The molecule has 0 aromatic carbocycles. The van der Waals surface area contributed by atoms with Crippen LogP contribution in [0.15, 0.2) is 36.7 Å². The lowest BCUT2D eigenvalue weighted by Gasteiger charge is -2.17. The molecule has 19 heavy (non-hydrogen) atoms. The number of hydrogen-bond acceptors (Lipinski definition) is 4. The summed E-state index contributed by atoms with van der Waals surface area (Å²) in [5.74, 6) is 0.849. The van der Waals surface area contributed by atoms with E-state index in [2.05, 4.69) is 20.9 Å². The van der Waals surface area contributed by atoms with Crippen molar-refractivity contribution >= 4 is 11.5 Å². The smallest absolute Gasteiger partial charge is 0.126 e. The number of anilines is 2. The minimum Gasteiger partial charge on any atom is -0.395 e. The van der Waals surface area contributed by atoms with Crippen LogP contribution in [0.3, 0.4) is 0 Å². The molecule has 0 bridgehead atoms. The van der Waals surface area contributed by atoms with E-state index >= 15 is 0 Å². The molecule has 0 saturated heterocycles. The fourth-order valence-electron chi connectivity index (χ4n) is 1.86. The van der Waals surface area contributed by atoms with Crippen molar-refractivity contribution in [3.8, 4) is 0 Å². The maximum Gasteiger partial charge on any atom is 0.126 e. The van der Waals surface area contributed by atoms with Crippen molar-refractivity contribution in [3.05, 3.63) is 42.4 Å². The van der Waals surface area contributed by atoms with Crippen molar-refractivity contribution in [2.24, 2.45) is 7.05 Å². The van der Waals surface area contributed by atoms with Gasteiger partial charge in [-0.2, -0.15) is 0 Å². The quantitative estimate of drug-likeness (QED) is 0.825. The van der Waals surface area contributed by atoms with Crippen molar-refractivity contribution in [2.45, 2.75) is 6.54 Å². The van der Waals surface area contributed by atoms with E-state index in [0.29, 0.717) is 6.54 Å². The second-order valence-electron chi connectivity index (χ2n) is 4.51. The SMILES string of the molecule is CN(CCO)c1ccc(NCc2cccn2C)nc1. The molecule has 0 unspecified atom stereocenters. The van der Waals surface area contributed by atoms with Crippen LogP contribution >= 0.6 is 0 Å².